The minimum atomic E-state index is -0.0267. The van der Waals surface area contributed by atoms with Crippen molar-refractivity contribution in [3.8, 4) is 17.3 Å². The second-order valence-electron chi connectivity index (χ2n) is 21.6. The smallest absolute Gasteiger partial charge is 0.137 e. The van der Waals surface area contributed by atoms with Gasteiger partial charge in [0.1, 0.15) is 24.0 Å². The summed E-state index contributed by atoms with van der Waals surface area (Å²) in [5.74, 6) is 5.45. The summed E-state index contributed by atoms with van der Waals surface area (Å²) in [5.41, 5.74) is 14.4. The molecule has 354 valence electrons. The molecule has 0 amide bonds. The van der Waals surface area contributed by atoms with E-state index in [9.17, 15) is 0 Å². The molecule has 0 spiro atoms. The second kappa shape index (κ2) is 15.3. The first-order valence-corrected chi connectivity index (χ1v) is 26.2. The van der Waals surface area contributed by atoms with Crippen molar-refractivity contribution in [2.24, 2.45) is 37.8 Å². The van der Waals surface area contributed by atoms with Gasteiger partial charge in [-0.3, -0.25) is 9.55 Å². The van der Waals surface area contributed by atoms with Gasteiger partial charge >= 0.3 is 0 Å². The van der Waals surface area contributed by atoms with Crippen molar-refractivity contribution in [3.63, 3.8) is 0 Å². The molecule has 0 atom stereocenters. The molecule has 1 aliphatic heterocycles. The van der Waals surface area contributed by atoms with Gasteiger partial charge < -0.3 is 23.7 Å². The van der Waals surface area contributed by atoms with Crippen LogP contribution in [0.5, 0.6) is 11.5 Å². The molecule has 0 radical (unpaired) electrons. The zero-order valence-corrected chi connectivity index (χ0v) is 41.0. The van der Waals surface area contributed by atoms with E-state index in [1.807, 2.05) is 12.4 Å². The van der Waals surface area contributed by atoms with Crippen molar-refractivity contribution in [2.45, 2.75) is 37.5 Å². The van der Waals surface area contributed by atoms with Gasteiger partial charge in [-0.2, -0.15) is 0 Å². The SMILES string of the molecule is Cn1c2ccccc2c2cc3c4ccccc4n(C)c3c(N3CN(c4cccc(Oc5ccc6c7ccncc7n(-c7cc(C8(c9ccccc9)C9CC%10CC(C9)CC8C%10)ccn7)c6c5)c4)c4ccccc43)c21. The van der Waals surface area contributed by atoms with Crippen molar-refractivity contribution in [2.75, 3.05) is 16.5 Å². The van der Waals surface area contributed by atoms with Gasteiger partial charge in [0.15, 0.2) is 0 Å². The van der Waals surface area contributed by atoms with Crippen molar-refractivity contribution in [3.05, 3.63) is 200 Å². The highest BCUT2D eigenvalue weighted by atomic mass is 16.5. The third-order valence-corrected chi connectivity index (χ3v) is 18.1. The van der Waals surface area contributed by atoms with Crippen molar-refractivity contribution < 1.29 is 4.74 Å². The Morgan fingerprint density at radius 2 is 1.11 bits per heavy atom. The summed E-state index contributed by atoms with van der Waals surface area (Å²) in [7, 11) is 4.43. The molecular weight excluding hydrogens is 895 g/mol. The average Bonchev–Trinajstić information content (AvgIpc) is 4.15. The van der Waals surface area contributed by atoms with E-state index < -0.39 is 0 Å². The van der Waals surface area contributed by atoms with Crippen molar-refractivity contribution in [1.29, 1.82) is 0 Å². The molecule has 4 aliphatic carbocycles. The quantitative estimate of drug-likeness (QED) is 0.159. The predicted molar refractivity (Wildman–Crippen MR) is 297 cm³/mol. The van der Waals surface area contributed by atoms with Crippen LogP contribution in [0.25, 0.3) is 71.2 Å². The van der Waals surface area contributed by atoms with Gasteiger partial charge in [-0.1, -0.05) is 84.9 Å². The van der Waals surface area contributed by atoms with E-state index in [1.165, 1.54) is 98.2 Å². The van der Waals surface area contributed by atoms with Gasteiger partial charge in [-0.25, -0.2) is 4.98 Å². The van der Waals surface area contributed by atoms with E-state index in [1.54, 1.807) is 0 Å². The number of para-hydroxylation sites is 4. The standard InChI is InChI=1S/C65H53N7O/c1-68-55-19-8-6-17-49(55)53-37-54-50-18-7-9-20-56(50)69(2)63(54)64(62(53)68)71-39-70(57-21-10-11-22-58(57)71)46-15-12-16-47(35-46)73-48-23-24-51-52-26-27-66-38-60(52)72(59(51)36-48)61-34-43(25-28-67-61)65(42-13-4-3-5-14-42)44-30-40-29-41(32-44)33-45(65)31-40/h3-28,34-38,40-41,44-45H,29-33,39H2,1-2H3. The lowest BCUT2D eigenvalue weighted by Gasteiger charge is -2.62. The van der Waals surface area contributed by atoms with Gasteiger partial charge in [0.25, 0.3) is 0 Å². The molecule has 73 heavy (non-hydrogen) atoms. The molecule has 4 fully saturated rings. The lowest BCUT2D eigenvalue weighted by molar-refractivity contribution is -0.0418. The minimum absolute atomic E-state index is 0.0267. The number of hydrogen-bond donors (Lipinski definition) is 0. The summed E-state index contributed by atoms with van der Waals surface area (Å²) in [5, 5.41) is 7.35. The van der Waals surface area contributed by atoms with Crippen LogP contribution in [0.2, 0.25) is 0 Å². The number of fused-ring (bicyclic) bond motifs is 10. The van der Waals surface area contributed by atoms with Gasteiger partial charge in [0.05, 0.1) is 45.3 Å². The monoisotopic (exact) mass is 947 g/mol. The van der Waals surface area contributed by atoms with E-state index >= 15 is 0 Å². The average molecular weight is 948 g/mol. The normalized spacial score (nSPS) is 21.2. The lowest BCUT2D eigenvalue weighted by Crippen LogP contribution is -2.56. The van der Waals surface area contributed by atoms with Crippen LogP contribution in [-0.4, -0.2) is 30.3 Å². The first kappa shape index (κ1) is 41.3. The molecule has 0 N–H and O–H groups in total. The molecule has 8 nitrogen and oxygen atoms in total. The number of aryl methyl sites for hydroxylation is 2. The van der Waals surface area contributed by atoms with Crippen LogP contribution in [0.15, 0.2) is 188 Å². The summed E-state index contributed by atoms with van der Waals surface area (Å²) in [6.07, 6.45) is 12.7. The molecule has 12 aromatic rings. The van der Waals surface area contributed by atoms with Gasteiger partial charge in [0.2, 0.25) is 0 Å². The highest BCUT2D eigenvalue weighted by Crippen LogP contribution is 2.65. The van der Waals surface area contributed by atoms with Crippen LogP contribution in [0, 0.1) is 23.7 Å². The Labute approximate surface area is 423 Å². The van der Waals surface area contributed by atoms with Crippen LogP contribution in [0.4, 0.5) is 22.7 Å². The fourth-order valence-electron chi connectivity index (χ4n) is 15.4. The first-order valence-electron chi connectivity index (χ1n) is 26.2. The molecule has 0 unspecified atom stereocenters. The van der Waals surface area contributed by atoms with Crippen molar-refractivity contribution >= 4 is 88.2 Å². The zero-order chi connectivity index (χ0) is 48.1. The highest BCUT2D eigenvalue weighted by molar-refractivity contribution is 6.25. The first-order chi connectivity index (χ1) is 36.0. The largest absolute Gasteiger partial charge is 0.457 e. The predicted octanol–water partition coefficient (Wildman–Crippen LogP) is 15.6. The van der Waals surface area contributed by atoms with Crippen LogP contribution in [-0.2, 0) is 19.5 Å². The van der Waals surface area contributed by atoms with Crippen LogP contribution in [0.1, 0.15) is 43.2 Å². The molecule has 4 saturated carbocycles. The van der Waals surface area contributed by atoms with Crippen LogP contribution >= 0.6 is 0 Å². The van der Waals surface area contributed by atoms with E-state index in [0.717, 1.165) is 62.3 Å². The van der Waals surface area contributed by atoms with E-state index in [0.29, 0.717) is 18.5 Å². The van der Waals surface area contributed by atoms with E-state index in [2.05, 4.69) is 219 Å². The number of nitrogens with zero attached hydrogens (tertiary/aromatic N) is 7. The number of anilines is 4. The van der Waals surface area contributed by atoms with Gasteiger partial charge in [-0.15, -0.1) is 0 Å². The summed E-state index contributed by atoms with van der Waals surface area (Å²) in [4.78, 5) is 14.8. The fraction of sp³-hybridized carbons (Fsp3) is 0.200. The number of ether oxygens (including phenoxy) is 1. The number of benzene rings is 7. The maximum Gasteiger partial charge on any atom is 0.137 e. The maximum absolute atomic E-state index is 6.95. The summed E-state index contributed by atoms with van der Waals surface area (Å²) >= 11 is 0. The molecule has 0 saturated heterocycles. The molecule has 17 rings (SSSR count). The minimum Gasteiger partial charge on any atom is -0.457 e. The molecule has 5 aliphatic rings. The molecule has 8 heteroatoms. The third-order valence-electron chi connectivity index (χ3n) is 18.1. The number of pyridine rings is 2. The Morgan fingerprint density at radius 1 is 0.479 bits per heavy atom. The van der Waals surface area contributed by atoms with E-state index in [-0.39, 0.29) is 5.41 Å². The topological polar surface area (TPSA) is 56.3 Å². The molecule has 7 aromatic carbocycles. The van der Waals surface area contributed by atoms with Gasteiger partial charge in [0, 0.05) is 93.1 Å². The highest BCUT2D eigenvalue weighted by Gasteiger charge is 2.58. The number of hydrogen-bond acceptors (Lipinski definition) is 5. The van der Waals surface area contributed by atoms with Crippen LogP contribution in [0.3, 0.4) is 0 Å². The van der Waals surface area contributed by atoms with Crippen LogP contribution < -0.4 is 14.5 Å². The molecule has 6 heterocycles. The Hall–Kier alpha value is -8.36. The van der Waals surface area contributed by atoms with Crippen molar-refractivity contribution in [1.82, 2.24) is 23.7 Å². The summed E-state index contributed by atoms with van der Waals surface area (Å²) < 4.78 is 14.0. The second-order valence-corrected chi connectivity index (χ2v) is 21.6. The summed E-state index contributed by atoms with van der Waals surface area (Å²) in [6.45, 7) is 0.625. The summed E-state index contributed by atoms with van der Waals surface area (Å²) in [6, 6.07) is 62.3. The Bertz CT molecular complexity index is 4120. The van der Waals surface area contributed by atoms with Gasteiger partial charge in [-0.05, 0) is 140 Å². The number of rotatable bonds is 7. The Morgan fingerprint density at radius 3 is 1.84 bits per heavy atom. The maximum atomic E-state index is 6.95. The number of aromatic nitrogens is 5. The fourth-order valence-corrected chi connectivity index (χ4v) is 15.4. The molecule has 5 aromatic heterocycles. The van der Waals surface area contributed by atoms with E-state index in [4.69, 9.17) is 9.72 Å². The third kappa shape index (κ3) is 5.77. The Kier molecular flexibility index (Phi) is 8.67. The lowest BCUT2D eigenvalue weighted by atomic mass is 9.42. The zero-order valence-electron chi connectivity index (χ0n) is 41.0. The molecule has 4 bridgehead atoms. The Balaban J connectivity index is 0.791. The molecular formula is C65H53N7O.